The first-order chi connectivity index (χ1) is 28.6. The van der Waals surface area contributed by atoms with Crippen molar-refractivity contribution in [1.29, 1.82) is 10.5 Å². The highest BCUT2D eigenvalue weighted by Gasteiger charge is 2.32. The third kappa shape index (κ3) is 9.34. The molecular weight excluding hydrogens is 784 g/mol. The Labute approximate surface area is 348 Å². The molecule has 1 aliphatic heterocycles. The summed E-state index contributed by atoms with van der Waals surface area (Å²) in [7, 11) is 3.70. The van der Waals surface area contributed by atoms with Crippen LogP contribution >= 0.6 is 11.6 Å². The maximum absolute atomic E-state index is 11.7. The van der Waals surface area contributed by atoms with E-state index in [-0.39, 0.29) is 25.6 Å². The Hall–Kier alpha value is -6.39. The lowest BCUT2D eigenvalue weighted by Gasteiger charge is -2.24. The van der Waals surface area contributed by atoms with Gasteiger partial charge in [0.15, 0.2) is 0 Å². The van der Waals surface area contributed by atoms with Crippen molar-refractivity contribution in [3.63, 3.8) is 0 Å². The summed E-state index contributed by atoms with van der Waals surface area (Å²) in [5.74, 6) is -0.736. The van der Waals surface area contributed by atoms with Crippen LogP contribution in [-0.4, -0.2) is 71.5 Å². The number of aliphatic carboxylic acids is 1. The third-order valence-corrected chi connectivity index (χ3v) is 11.1. The maximum Gasteiger partial charge on any atom is 0.323 e. The predicted octanol–water partition coefficient (Wildman–Crippen LogP) is 5.19. The number of hydrogen-bond acceptors (Lipinski definition) is 10. The molecule has 3 heterocycles. The lowest BCUT2D eigenvalue weighted by atomic mass is 9.91. The van der Waals surface area contributed by atoms with Crippen LogP contribution < -0.4 is 20.7 Å². The molecule has 0 unspecified atom stereocenters. The van der Waals surface area contributed by atoms with E-state index in [1.807, 2.05) is 65.3 Å². The fourth-order valence-corrected chi connectivity index (χ4v) is 7.75. The summed E-state index contributed by atoms with van der Waals surface area (Å²) in [6, 6.07) is 28.2. The number of carboxylic acid groups (broad SMARTS) is 1. The van der Waals surface area contributed by atoms with Gasteiger partial charge in [0.1, 0.15) is 30.5 Å². The van der Waals surface area contributed by atoms with Crippen LogP contribution in [0.2, 0.25) is 5.02 Å². The van der Waals surface area contributed by atoms with Gasteiger partial charge in [-0.15, -0.1) is 0 Å². The van der Waals surface area contributed by atoms with Crippen molar-refractivity contribution in [3.8, 4) is 40.1 Å². The number of carbonyl (C=O) groups excluding carboxylic acids is 1. The van der Waals surface area contributed by atoms with Gasteiger partial charge in [0.25, 0.3) is 0 Å². The molecule has 0 bridgehead atoms. The van der Waals surface area contributed by atoms with Gasteiger partial charge in [-0.3, -0.25) is 24.6 Å². The average Bonchev–Trinajstić information content (AvgIpc) is 3.82. The number of rotatable bonds is 16. The molecule has 2 atom stereocenters. The van der Waals surface area contributed by atoms with Gasteiger partial charge in [-0.25, -0.2) is 0 Å². The lowest BCUT2D eigenvalue weighted by molar-refractivity contribution is -0.140. The first-order valence-corrected chi connectivity index (χ1v) is 19.6. The second-order valence-corrected chi connectivity index (χ2v) is 15.7. The fourth-order valence-electron chi connectivity index (χ4n) is 7.12. The van der Waals surface area contributed by atoms with Crippen molar-refractivity contribution in [2.24, 2.45) is 0 Å². The minimum absolute atomic E-state index is 0.0406. The van der Waals surface area contributed by atoms with E-state index in [1.54, 1.807) is 30.6 Å². The second-order valence-electron chi connectivity index (χ2n) is 14.3. The van der Waals surface area contributed by atoms with Crippen molar-refractivity contribution >= 4 is 44.6 Å². The predicted molar refractivity (Wildman–Crippen MR) is 222 cm³/mol. The van der Waals surface area contributed by atoms with Crippen LogP contribution in [-0.2, 0) is 35.8 Å². The number of aliphatic hydroxyl groups is 1. The summed E-state index contributed by atoms with van der Waals surface area (Å²) in [6.45, 7) is 0.981. The van der Waals surface area contributed by atoms with Gasteiger partial charge in [-0.05, 0) is 52.9 Å². The molecule has 0 spiro atoms. The van der Waals surface area contributed by atoms with Crippen LogP contribution in [0.15, 0.2) is 97.5 Å². The number of nitriles is 2. The largest absolute Gasteiger partial charge is 0.489 e. The van der Waals surface area contributed by atoms with Crippen molar-refractivity contribution < 1.29 is 24.5 Å². The Morgan fingerprint density at radius 1 is 0.983 bits per heavy atom. The first-order valence-electron chi connectivity index (χ1n) is 18.8. The molecular formula is C44H38ClN8O5Si. The van der Waals surface area contributed by atoms with Gasteiger partial charge in [0, 0.05) is 76.3 Å². The van der Waals surface area contributed by atoms with Gasteiger partial charge in [-0.2, -0.15) is 15.6 Å². The van der Waals surface area contributed by atoms with E-state index in [9.17, 15) is 30.3 Å². The van der Waals surface area contributed by atoms with E-state index in [4.69, 9.17) is 21.4 Å². The molecule has 13 nitrogen and oxygen atoms in total. The van der Waals surface area contributed by atoms with E-state index >= 15 is 0 Å². The molecule has 1 amide bonds. The number of fused-ring (bicyclic) bond motifs is 1. The Morgan fingerprint density at radius 2 is 1.76 bits per heavy atom. The number of carboxylic acids is 1. The molecule has 15 heteroatoms. The number of carbonyl (C=O) groups is 2. The molecule has 4 aromatic carbocycles. The highest BCUT2D eigenvalue weighted by Crippen LogP contribution is 2.37. The molecule has 3 radical (unpaired) electrons. The molecule has 7 rings (SSSR count). The molecule has 59 heavy (non-hydrogen) atoms. The van der Waals surface area contributed by atoms with Crippen LogP contribution in [0.4, 0.5) is 0 Å². The number of ether oxygens (including phenoxy) is 1. The highest BCUT2D eigenvalue weighted by molar-refractivity contribution is 6.31. The monoisotopic (exact) mass is 821 g/mol. The Morgan fingerprint density at radius 3 is 2.49 bits per heavy atom. The zero-order valence-corrected chi connectivity index (χ0v) is 33.5. The van der Waals surface area contributed by atoms with E-state index in [0.29, 0.717) is 58.1 Å². The van der Waals surface area contributed by atoms with Gasteiger partial charge in [0.2, 0.25) is 5.91 Å². The molecule has 2 aromatic heterocycles. The van der Waals surface area contributed by atoms with E-state index in [0.717, 1.165) is 45.1 Å². The van der Waals surface area contributed by atoms with Crippen molar-refractivity contribution in [2.75, 3.05) is 13.2 Å². The molecule has 1 saturated heterocycles. The van der Waals surface area contributed by atoms with Crippen molar-refractivity contribution in [3.05, 3.63) is 136 Å². The molecule has 0 saturated carbocycles. The van der Waals surface area contributed by atoms with Gasteiger partial charge >= 0.3 is 5.97 Å². The Bertz CT molecular complexity index is 2620. The number of halogens is 1. The minimum atomic E-state index is -1.20. The summed E-state index contributed by atoms with van der Waals surface area (Å²) in [5.41, 5.74) is 8.03. The number of nitrogens with one attached hydrogen (secondary N) is 3. The number of hydrogen-bond donors (Lipinski definition) is 5. The molecule has 295 valence electrons. The number of pyridine rings is 1. The molecule has 1 fully saturated rings. The molecule has 5 N–H and O–H groups in total. The summed E-state index contributed by atoms with van der Waals surface area (Å²) in [6.07, 6.45) is 6.05. The number of benzene rings is 4. The minimum Gasteiger partial charge on any atom is -0.489 e. The zero-order chi connectivity index (χ0) is 41.5. The number of aromatic nitrogens is 3. The van der Waals surface area contributed by atoms with Crippen LogP contribution in [0.1, 0.15) is 46.2 Å². The summed E-state index contributed by atoms with van der Waals surface area (Å²) in [4.78, 5) is 27.4. The molecule has 1 aliphatic rings. The lowest BCUT2D eigenvalue weighted by Crippen LogP contribution is -2.49. The summed E-state index contributed by atoms with van der Waals surface area (Å²) < 4.78 is 8.03. The van der Waals surface area contributed by atoms with Gasteiger partial charge in [0.05, 0.1) is 46.2 Å². The van der Waals surface area contributed by atoms with Crippen molar-refractivity contribution in [2.45, 2.75) is 50.3 Å². The molecule has 0 aliphatic carbocycles. The first kappa shape index (κ1) is 40.8. The number of nitrogens with zero attached hydrogens (tertiary/aromatic N) is 5. The smallest absolute Gasteiger partial charge is 0.323 e. The van der Waals surface area contributed by atoms with Crippen LogP contribution in [0, 0.1) is 22.7 Å². The van der Waals surface area contributed by atoms with Crippen LogP contribution in [0.5, 0.6) is 5.75 Å². The number of aliphatic hydroxyl groups excluding tert-OH is 1. The Kier molecular flexibility index (Phi) is 12.5. The second kappa shape index (κ2) is 18.0. The molecule has 6 aromatic rings. The fraction of sp³-hybridized carbons (Fsp3) is 0.227. The topological polar surface area (TPSA) is 198 Å². The zero-order valence-electron chi connectivity index (χ0n) is 31.7. The van der Waals surface area contributed by atoms with Crippen LogP contribution in [0.3, 0.4) is 0 Å². The summed E-state index contributed by atoms with van der Waals surface area (Å²) in [5, 5.41) is 53.6. The standard InChI is InChI=1S/C44H38ClN8O5Si/c45-38-14-31(21-50-39(24-54)43(56)57)41(58-25-29-13-28(16-46)19-48-20-29)15-32(38)23-53-40-6-2-5-35(37(40)22-51-53)34-4-1-3-33(36(34)17-47)30-9-7-27(8-10-30)18-49-26-44(59)12-11-42(55)52-44/h1-10,13-15,19-20,22,39,49-50,54H,11-12,18,21,23-26H2,(H,52,55)(H,56,57)/t39-,44+/m0/s1. The van der Waals surface area contributed by atoms with E-state index in [1.165, 1.54) is 6.20 Å². The summed E-state index contributed by atoms with van der Waals surface area (Å²) >= 11 is 6.86. The SMILES string of the molecule is N#Cc1cncc(COc2cc(Cn3ncc4c(-c5cccc(-c6ccc(CNC[C@]7([Si])CCC(=O)N7)cc6)c5C#N)cccc43)c(Cl)cc2CN[C@@H](CO)C(=O)O)c1. The van der Waals surface area contributed by atoms with Crippen molar-refractivity contribution in [1.82, 2.24) is 30.7 Å². The number of amides is 1. The highest BCUT2D eigenvalue weighted by atomic mass is 35.5. The quantitative estimate of drug-likeness (QED) is 0.0806. The van der Waals surface area contributed by atoms with Gasteiger partial charge in [-0.1, -0.05) is 66.2 Å². The van der Waals surface area contributed by atoms with E-state index < -0.39 is 23.8 Å². The average molecular weight is 822 g/mol. The van der Waals surface area contributed by atoms with E-state index in [2.05, 4.69) is 43.3 Å². The van der Waals surface area contributed by atoms with Gasteiger partial charge < -0.3 is 25.6 Å². The van der Waals surface area contributed by atoms with Crippen LogP contribution in [0.25, 0.3) is 33.2 Å². The normalized spacial score (nSPS) is 15.4. The maximum atomic E-state index is 11.7. The Balaban J connectivity index is 1.14. The third-order valence-electron chi connectivity index (χ3n) is 10.2.